The Bertz CT molecular complexity index is 1140. The number of rotatable bonds is 8. The summed E-state index contributed by atoms with van der Waals surface area (Å²) >= 11 is 1.58. The largest absolute Gasteiger partial charge is 0.489 e. The smallest absolute Gasteiger partial charge is 0.234 e. The zero-order chi connectivity index (χ0) is 23.5. The zero-order valence-corrected chi connectivity index (χ0v) is 20.6. The molecule has 4 rings (SSSR count). The third-order valence-electron chi connectivity index (χ3n) is 5.58. The Labute approximate surface area is 199 Å². The highest BCUT2D eigenvalue weighted by Gasteiger charge is 2.27. The van der Waals surface area contributed by atoms with Crippen molar-refractivity contribution in [3.05, 3.63) is 47.5 Å². The number of carbonyl (C=O) groups is 1. The first-order valence-corrected chi connectivity index (χ1v) is 12.1. The molecule has 0 spiro atoms. The summed E-state index contributed by atoms with van der Waals surface area (Å²) in [6, 6.07) is 12.4. The van der Waals surface area contributed by atoms with Gasteiger partial charge in [-0.3, -0.25) is 4.79 Å². The summed E-state index contributed by atoms with van der Waals surface area (Å²) in [5.41, 5.74) is 5.47. The second-order valence-corrected chi connectivity index (χ2v) is 9.79. The molecular formula is C25H31N5O2S. The Morgan fingerprint density at radius 1 is 1.21 bits per heavy atom. The third kappa shape index (κ3) is 5.17. The van der Waals surface area contributed by atoms with E-state index in [1.165, 1.54) is 11.1 Å². The summed E-state index contributed by atoms with van der Waals surface area (Å²) in [5.74, 6) is 0.871. The number of amides is 1. The van der Waals surface area contributed by atoms with E-state index in [4.69, 9.17) is 4.74 Å². The summed E-state index contributed by atoms with van der Waals surface area (Å²) in [6.45, 7) is 4.42. The van der Waals surface area contributed by atoms with Crippen LogP contribution in [0.3, 0.4) is 0 Å². The monoisotopic (exact) mass is 465 g/mol. The molecule has 2 N–H and O–H groups in total. The number of nitrogens with one attached hydrogen (secondary N) is 2. The van der Waals surface area contributed by atoms with Crippen LogP contribution in [-0.4, -0.2) is 54.8 Å². The lowest BCUT2D eigenvalue weighted by molar-refractivity contribution is -0.122. The van der Waals surface area contributed by atoms with Crippen molar-refractivity contribution < 1.29 is 9.53 Å². The Balaban J connectivity index is 1.58. The quantitative estimate of drug-likeness (QED) is 0.514. The van der Waals surface area contributed by atoms with Gasteiger partial charge in [-0.25, -0.2) is 0 Å². The maximum atomic E-state index is 12.3. The molecular weight excluding hydrogens is 434 g/mol. The Morgan fingerprint density at radius 3 is 2.73 bits per heavy atom. The van der Waals surface area contributed by atoms with Gasteiger partial charge < -0.3 is 20.3 Å². The lowest BCUT2D eigenvalue weighted by atomic mass is 10.0. The van der Waals surface area contributed by atoms with E-state index in [2.05, 4.69) is 33.0 Å². The number of nitrogens with zero attached hydrogens (tertiary/aromatic N) is 3. The number of hydrogen-bond donors (Lipinski definition) is 2. The zero-order valence-electron chi connectivity index (χ0n) is 19.8. The number of likely N-dealkylation sites (N-methyl/N-ethyl adjacent to an activating group) is 1. The number of carbonyl (C=O) groups excluding carboxylic acids is 1. The number of aromatic nitrogens is 2. The molecule has 7 nitrogen and oxygen atoms in total. The van der Waals surface area contributed by atoms with Crippen LogP contribution >= 0.6 is 11.3 Å². The summed E-state index contributed by atoms with van der Waals surface area (Å²) in [5, 5.41) is 17.1. The standard InChI is InChI=1S/C25H31N5O2S/c1-15(2)32-22-12-9-16(13-21(22)26-3)24-28-29-25(33-24)19-8-6-7-18-17(19)10-11-20(18)27-23(31)14-30(4)5/h6-9,12-13,15,20,26H,10-11,14H2,1-5H3,(H,27,31). The van der Waals surface area contributed by atoms with Crippen molar-refractivity contribution in [2.24, 2.45) is 0 Å². The van der Waals surface area contributed by atoms with Crippen LogP contribution < -0.4 is 15.4 Å². The van der Waals surface area contributed by atoms with Gasteiger partial charge in [0, 0.05) is 18.2 Å². The van der Waals surface area contributed by atoms with Crippen LogP contribution in [-0.2, 0) is 11.2 Å². The Kier molecular flexibility index (Phi) is 6.95. The van der Waals surface area contributed by atoms with Gasteiger partial charge in [0.05, 0.1) is 24.4 Å². The maximum absolute atomic E-state index is 12.3. The predicted octanol–water partition coefficient (Wildman–Crippen LogP) is 4.37. The molecule has 0 saturated heterocycles. The molecule has 3 aromatic rings. The van der Waals surface area contributed by atoms with Crippen LogP contribution in [0.4, 0.5) is 5.69 Å². The minimum absolute atomic E-state index is 0.0477. The lowest BCUT2D eigenvalue weighted by Gasteiger charge is -2.16. The maximum Gasteiger partial charge on any atom is 0.234 e. The topological polar surface area (TPSA) is 79.4 Å². The summed E-state index contributed by atoms with van der Waals surface area (Å²) in [6.07, 6.45) is 1.92. The van der Waals surface area contributed by atoms with E-state index in [-0.39, 0.29) is 18.1 Å². The van der Waals surface area contributed by atoms with Crippen molar-refractivity contribution >= 4 is 22.9 Å². The second kappa shape index (κ2) is 9.89. The molecule has 0 aliphatic heterocycles. The van der Waals surface area contributed by atoms with E-state index in [1.54, 1.807) is 11.3 Å². The van der Waals surface area contributed by atoms with Crippen LogP contribution in [0.15, 0.2) is 36.4 Å². The molecule has 1 amide bonds. The van der Waals surface area contributed by atoms with E-state index in [9.17, 15) is 4.79 Å². The Morgan fingerprint density at radius 2 is 2.00 bits per heavy atom. The fourth-order valence-electron chi connectivity index (χ4n) is 4.20. The Hall–Kier alpha value is -2.97. The first kappa shape index (κ1) is 23.2. The number of anilines is 1. The van der Waals surface area contributed by atoms with E-state index < -0.39 is 0 Å². The van der Waals surface area contributed by atoms with Gasteiger partial charge >= 0.3 is 0 Å². The average Bonchev–Trinajstić information content (AvgIpc) is 3.41. The number of ether oxygens (including phenoxy) is 1. The van der Waals surface area contributed by atoms with Crippen molar-refractivity contribution in [3.63, 3.8) is 0 Å². The average molecular weight is 466 g/mol. The fourth-order valence-corrected chi connectivity index (χ4v) is 5.09. The highest BCUT2D eigenvalue weighted by atomic mass is 32.1. The molecule has 1 aromatic heterocycles. The lowest BCUT2D eigenvalue weighted by Crippen LogP contribution is -2.35. The first-order valence-electron chi connectivity index (χ1n) is 11.2. The van der Waals surface area contributed by atoms with E-state index in [0.29, 0.717) is 6.54 Å². The van der Waals surface area contributed by atoms with Gasteiger partial charge in [-0.05, 0) is 70.1 Å². The summed E-state index contributed by atoms with van der Waals surface area (Å²) in [4.78, 5) is 14.2. The highest BCUT2D eigenvalue weighted by molar-refractivity contribution is 7.17. The molecule has 0 saturated carbocycles. The summed E-state index contributed by atoms with van der Waals surface area (Å²) in [7, 11) is 5.69. The van der Waals surface area contributed by atoms with Gasteiger partial charge in [-0.15, -0.1) is 10.2 Å². The van der Waals surface area contributed by atoms with Gasteiger partial charge in [0.25, 0.3) is 0 Å². The molecule has 1 unspecified atom stereocenters. The van der Waals surface area contributed by atoms with Crippen molar-refractivity contribution in [3.8, 4) is 26.9 Å². The normalized spacial score (nSPS) is 15.1. The molecule has 1 aliphatic rings. The van der Waals surface area contributed by atoms with E-state index in [0.717, 1.165) is 45.4 Å². The van der Waals surface area contributed by atoms with Crippen LogP contribution in [0.1, 0.15) is 37.4 Å². The summed E-state index contributed by atoms with van der Waals surface area (Å²) < 4.78 is 5.88. The van der Waals surface area contributed by atoms with Gasteiger partial charge in [-0.2, -0.15) is 0 Å². The fraction of sp³-hybridized carbons (Fsp3) is 0.400. The SMILES string of the molecule is CNc1cc(-c2nnc(-c3cccc4c3CCC4NC(=O)CN(C)C)s2)ccc1OC(C)C. The minimum atomic E-state index is 0.0477. The molecule has 1 atom stereocenters. The molecule has 0 fully saturated rings. The van der Waals surface area contributed by atoms with Crippen molar-refractivity contribution in [2.75, 3.05) is 33.0 Å². The first-order chi connectivity index (χ1) is 15.9. The number of benzene rings is 2. The van der Waals surface area contributed by atoms with Gasteiger partial charge in [0.15, 0.2) is 0 Å². The van der Waals surface area contributed by atoms with Crippen molar-refractivity contribution in [1.29, 1.82) is 0 Å². The van der Waals surface area contributed by atoms with Crippen molar-refractivity contribution in [1.82, 2.24) is 20.4 Å². The number of fused-ring (bicyclic) bond motifs is 1. The third-order valence-corrected chi connectivity index (χ3v) is 6.59. The van der Waals surface area contributed by atoms with Gasteiger partial charge in [0.2, 0.25) is 5.91 Å². The number of hydrogen-bond acceptors (Lipinski definition) is 7. The van der Waals surface area contributed by atoms with E-state index in [1.807, 2.05) is 64.2 Å². The molecule has 0 bridgehead atoms. The predicted molar refractivity (Wildman–Crippen MR) is 134 cm³/mol. The molecule has 2 aromatic carbocycles. The molecule has 8 heteroatoms. The highest BCUT2D eigenvalue weighted by Crippen LogP contribution is 2.40. The molecule has 33 heavy (non-hydrogen) atoms. The molecule has 0 radical (unpaired) electrons. The van der Waals surface area contributed by atoms with Crippen LogP contribution in [0.5, 0.6) is 5.75 Å². The van der Waals surface area contributed by atoms with Crippen LogP contribution in [0, 0.1) is 0 Å². The van der Waals surface area contributed by atoms with Crippen LogP contribution in [0.2, 0.25) is 0 Å². The minimum Gasteiger partial charge on any atom is -0.489 e. The van der Waals surface area contributed by atoms with Gasteiger partial charge in [-0.1, -0.05) is 29.5 Å². The second-order valence-electron chi connectivity index (χ2n) is 8.81. The van der Waals surface area contributed by atoms with Gasteiger partial charge in [0.1, 0.15) is 15.8 Å². The van der Waals surface area contributed by atoms with Crippen LogP contribution in [0.25, 0.3) is 21.1 Å². The molecule has 1 aliphatic carbocycles. The van der Waals surface area contributed by atoms with E-state index >= 15 is 0 Å². The van der Waals surface area contributed by atoms with Crippen molar-refractivity contribution in [2.45, 2.75) is 38.8 Å². The molecule has 174 valence electrons. The molecule has 1 heterocycles.